The second-order valence-electron chi connectivity index (χ2n) is 5.54. The Kier molecular flexibility index (Phi) is 2.71. The number of carbonyl (C=O) groups is 1. The van der Waals surface area contributed by atoms with Crippen LogP contribution >= 0.6 is 0 Å². The van der Waals surface area contributed by atoms with Crippen LogP contribution in [-0.4, -0.2) is 6.29 Å². The molecule has 0 saturated heterocycles. The number of rotatable bonds is 1. The van der Waals surface area contributed by atoms with Gasteiger partial charge in [0.1, 0.15) is 6.29 Å². The first-order valence-corrected chi connectivity index (χ1v) is 5.76. The summed E-state index contributed by atoms with van der Waals surface area (Å²) in [6, 6.07) is 8.16. The molecule has 0 radical (unpaired) electrons. The molecule has 1 aromatic rings. The number of allylic oxidation sites excluding steroid dienone is 1. The summed E-state index contributed by atoms with van der Waals surface area (Å²) < 4.78 is 0. The molecule has 1 aliphatic carbocycles. The van der Waals surface area contributed by atoms with E-state index in [2.05, 4.69) is 45.1 Å². The Hall–Kier alpha value is -1.37. The van der Waals surface area contributed by atoms with Crippen LogP contribution in [0.3, 0.4) is 0 Å². The molecule has 1 aromatic carbocycles. The Morgan fingerprint density at radius 3 is 2.50 bits per heavy atom. The first kappa shape index (κ1) is 11.1. The summed E-state index contributed by atoms with van der Waals surface area (Å²) in [6.45, 7) is 6.56. The first-order chi connectivity index (χ1) is 7.54. The van der Waals surface area contributed by atoms with Crippen molar-refractivity contribution in [1.29, 1.82) is 0 Å². The van der Waals surface area contributed by atoms with Crippen LogP contribution in [0.25, 0.3) is 6.08 Å². The maximum absolute atomic E-state index is 11.3. The summed E-state index contributed by atoms with van der Waals surface area (Å²) >= 11 is 0. The van der Waals surface area contributed by atoms with Gasteiger partial charge in [0.2, 0.25) is 0 Å². The molecule has 2 rings (SSSR count). The second kappa shape index (κ2) is 3.89. The minimum Gasteiger partial charge on any atom is -0.303 e. The van der Waals surface area contributed by atoms with Crippen LogP contribution in [0.2, 0.25) is 0 Å². The molecule has 0 fully saturated rings. The molecule has 0 amide bonds. The fraction of sp³-hybridized carbons (Fsp3) is 0.400. The number of hydrogen-bond acceptors (Lipinski definition) is 1. The van der Waals surface area contributed by atoms with Crippen molar-refractivity contribution in [2.75, 3.05) is 0 Å². The molecule has 1 aliphatic rings. The van der Waals surface area contributed by atoms with E-state index in [4.69, 9.17) is 0 Å². The van der Waals surface area contributed by atoms with E-state index in [0.717, 1.165) is 6.29 Å². The average molecular weight is 214 g/mol. The van der Waals surface area contributed by atoms with Crippen LogP contribution in [0, 0.1) is 11.3 Å². The maximum atomic E-state index is 11.3. The number of aldehydes is 1. The Labute approximate surface area is 97.2 Å². The van der Waals surface area contributed by atoms with Gasteiger partial charge < -0.3 is 4.79 Å². The highest BCUT2D eigenvalue weighted by molar-refractivity contribution is 5.71. The van der Waals surface area contributed by atoms with Crippen molar-refractivity contribution in [2.45, 2.75) is 26.7 Å². The van der Waals surface area contributed by atoms with E-state index in [1.165, 1.54) is 11.1 Å². The molecule has 2 atom stereocenters. The Morgan fingerprint density at radius 1 is 1.19 bits per heavy atom. The molecule has 0 N–H and O–H groups in total. The molecule has 0 bridgehead atoms. The highest BCUT2D eigenvalue weighted by atomic mass is 16.1. The lowest BCUT2D eigenvalue weighted by Gasteiger charge is -2.35. The number of hydrogen-bond donors (Lipinski definition) is 0. The third-order valence-corrected chi connectivity index (χ3v) is 3.37. The first-order valence-electron chi connectivity index (χ1n) is 5.76. The molecule has 0 spiro atoms. The van der Waals surface area contributed by atoms with Gasteiger partial charge in [-0.25, -0.2) is 0 Å². The smallest absolute Gasteiger partial charge is 0.128 e. The lowest BCUT2D eigenvalue weighted by atomic mass is 9.68. The Bertz CT molecular complexity index is 423. The Morgan fingerprint density at radius 2 is 1.88 bits per heavy atom. The van der Waals surface area contributed by atoms with E-state index in [9.17, 15) is 4.79 Å². The summed E-state index contributed by atoms with van der Waals surface area (Å²) in [7, 11) is 0. The zero-order chi connectivity index (χ0) is 11.8. The lowest BCUT2D eigenvalue weighted by molar-refractivity contribution is -0.110. The largest absolute Gasteiger partial charge is 0.303 e. The van der Waals surface area contributed by atoms with Gasteiger partial charge in [-0.15, -0.1) is 0 Å². The molecular formula is C15H18O. The third kappa shape index (κ3) is 1.82. The van der Waals surface area contributed by atoms with Crippen molar-refractivity contribution in [3.8, 4) is 0 Å². The minimum absolute atomic E-state index is 0.00111. The predicted octanol–water partition coefficient (Wildman–Crippen LogP) is 3.66. The van der Waals surface area contributed by atoms with E-state index in [1.54, 1.807) is 0 Å². The quantitative estimate of drug-likeness (QED) is 0.652. The standard InChI is InChI=1S/C15H18O/c1-15(2,3)14-9-8-11-6-4-5-7-12(11)13(14)10-16/h4-10,13-14H,1-3H3. The molecule has 16 heavy (non-hydrogen) atoms. The summed E-state index contributed by atoms with van der Waals surface area (Å²) in [6.07, 6.45) is 5.42. The maximum Gasteiger partial charge on any atom is 0.128 e. The highest BCUT2D eigenvalue weighted by Gasteiger charge is 2.33. The van der Waals surface area contributed by atoms with Crippen molar-refractivity contribution in [1.82, 2.24) is 0 Å². The van der Waals surface area contributed by atoms with Crippen molar-refractivity contribution in [3.63, 3.8) is 0 Å². The monoisotopic (exact) mass is 214 g/mol. The molecule has 0 aliphatic heterocycles. The van der Waals surface area contributed by atoms with Crippen molar-refractivity contribution < 1.29 is 4.79 Å². The average Bonchev–Trinajstić information content (AvgIpc) is 2.26. The van der Waals surface area contributed by atoms with Gasteiger partial charge in [-0.2, -0.15) is 0 Å². The van der Waals surface area contributed by atoms with Crippen LogP contribution in [0.5, 0.6) is 0 Å². The van der Waals surface area contributed by atoms with Crippen molar-refractivity contribution >= 4 is 12.4 Å². The van der Waals surface area contributed by atoms with E-state index in [-0.39, 0.29) is 11.3 Å². The molecule has 0 aromatic heterocycles. The highest BCUT2D eigenvalue weighted by Crippen LogP contribution is 2.42. The van der Waals surface area contributed by atoms with E-state index in [1.807, 2.05) is 12.1 Å². The zero-order valence-corrected chi connectivity index (χ0v) is 10.1. The Balaban J connectivity index is 2.48. The van der Waals surface area contributed by atoms with Gasteiger partial charge in [-0.3, -0.25) is 0 Å². The van der Waals surface area contributed by atoms with Gasteiger partial charge in [0.25, 0.3) is 0 Å². The summed E-state index contributed by atoms with van der Waals surface area (Å²) in [5, 5.41) is 0. The zero-order valence-electron chi connectivity index (χ0n) is 10.1. The summed E-state index contributed by atoms with van der Waals surface area (Å²) in [5.74, 6) is 0.293. The fourth-order valence-electron chi connectivity index (χ4n) is 2.47. The molecular weight excluding hydrogens is 196 g/mol. The van der Waals surface area contributed by atoms with E-state index in [0.29, 0.717) is 5.92 Å². The van der Waals surface area contributed by atoms with Crippen molar-refractivity contribution in [2.24, 2.45) is 11.3 Å². The molecule has 84 valence electrons. The van der Waals surface area contributed by atoms with E-state index >= 15 is 0 Å². The summed E-state index contributed by atoms with van der Waals surface area (Å²) in [5.41, 5.74) is 2.47. The van der Waals surface area contributed by atoms with Gasteiger partial charge in [-0.05, 0) is 22.5 Å². The summed E-state index contributed by atoms with van der Waals surface area (Å²) in [4.78, 5) is 11.3. The molecule has 1 nitrogen and oxygen atoms in total. The van der Waals surface area contributed by atoms with Gasteiger partial charge in [0, 0.05) is 5.92 Å². The molecule has 0 saturated carbocycles. The number of benzene rings is 1. The van der Waals surface area contributed by atoms with Gasteiger partial charge in [-0.1, -0.05) is 57.2 Å². The van der Waals surface area contributed by atoms with Crippen molar-refractivity contribution in [3.05, 3.63) is 41.5 Å². The third-order valence-electron chi connectivity index (χ3n) is 3.37. The molecule has 2 unspecified atom stereocenters. The van der Waals surface area contributed by atoms with Crippen LogP contribution in [-0.2, 0) is 4.79 Å². The fourth-order valence-corrected chi connectivity index (χ4v) is 2.47. The van der Waals surface area contributed by atoms with Gasteiger partial charge in [0.15, 0.2) is 0 Å². The van der Waals surface area contributed by atoms with Crippen LogP contribution in [0.1, 0.15) is 37.8 Å². The molecule has 1 heteroatoms. The second-order valence-corrected chi connectivity index (χ2v) is 5.54. The number of carbonyl (C=O) groups excluding carboxylic acids is 1. The van der Waals surface area contributed by atoms with Crippen LogP contribution in [0.15, 0.2) is 30.3 Å². The predicted molar refractivity (Wildman–Crippen MR) is 67.2 cm³/mol. The van der Waals surface area contributed by atoms with E-state index < -0.39 is 0 Å². The topological polar surface area (TPSA) is 17.1 Å². The van der Waals surface area contributed by atoms with Gasteiger partial charge >= 0.3 is 0 Å². The SMILES string of the molecule is CC(C)(C)C1C=Cc2ccccc2C1C=O. The number of fused-ring (bicyclic) bond motifs is 1. The normalized spacial score (nSPS) is 23.9. The molecule has 0 heterocycles. The lowest BCUT2D eigenvalue weighted by Crippen LogP contribution is -2.28. The van der Waals surface area contributed by atoms with Crippen LogP contribution in [0.4, 0.5) is 0 Å². The van der Waals surface area contributed by atoms with Gasteiger partial charge in [0.05, 0.1) is 0 Å². The van der Waals surface area contributed by atoms with Crippen LogP contribution < -0.4 is 0 Å². The minimum atomic E-state index is 0.00111.